The first kappa shape index (κ1) is 12.6. The quantitative estimate of drug-likeness (QED) is 0.546. The Hall–Kier alpha value is -3.15. The van der Waals surface area contributed by atoms with Crippen LogP contribution in [0.2, 0.25) is 0 Å². The van der Waals surface area contributed by atoms with E-state index in [1.807, 2.05) is 35.6 Å². The van der Waals surface area contributed by atoms with Crippen LogP contribution in [0.4, 0.5) is 5.69 Å². The van der Waals surface area contributed by atoms with E-state index in [-0.39, 0.29) is 5.91 Å². The van der Waals surface area contributed by atoms with E-state index in [0.717, 1.165) is 16.7 Å². The first-order valence-corrected chi connectivity index (χ1v) is 6.87. The summed E-state index contributed by atoms with van der Waals surface area (Å²) in [5.74, 6) is 0.664. The molecular formula is C16H13N5O. The predicted molar refractivity (Wildman–Crippen MR) is 83.8 cm³/mol. The molecule has 0 atom stereocenters. The summed E-state index contributed by atoms with van der Waals surface area (Å²) in [5.41, 5.74) is 8.60. The van der Waals surface area contributed by atoms with Crippen LogP contribution in [0.5, 0.6) is 0 Å². The molecule has 0 aliphatic heterocycles. The van der Waals surface area contributed by atoms with Gasteiger partial charge >= 0.3 is 0 Å². The van der Waals surface area contributed by atoms with E-state index < -0.39 is 0 Å². The van der Waals surface area contributed by atoms with Gasteiger partial charge in [0.2, 0.25) is 0 Å². The number of hydrogen-bond acceptors (Lipinski definition) is 4. The van der Waals surface area contributed by atoms with Gasteiger partial charge in [0, 0.05) is 29.0 Å². The molecule has 2 N–H and O–H groups in total. The van der Waals surface area contributed by atoms with E-state index in [9.17, 15) is 4.79 Å². The lowest BCUT2D eigenvalue weighted by molar-refractivity contribution is 0.0965. The van der Waals surface area contributed by atoms with Crippen molar-refractivity contribution in [2.45, 2.75) is 6.92 Å². The van der Waals surface area contributed by atoms with Gasteiger partial charge in [0.15, 0.2) is 5.65 Å². The molecule has 4 aromatic rings. The van der Waals surface area contributed by atoms with Crippen LogP contribution in [0.1, 0.15) is 16.2 Å². The summed E-state index contributed by atoms with van der Waals surface area (Å²) in [6.45, 7) is 1.86. The fourth-order valence-corrected chi connectivity index (χ4v) is 2.65. The minimum absolute atomic E-state index is 0.122. The summed E-state index contributed by atoms with van der Waals surface area (Å²) in [6, 6.07) is 10.9. The van der Waals surface area contributed by atoms with Gasteiger partial charge in [-0.3, -0.25) is 13.8 Å². The van der Waals surface area contributed by atoms with E-state index in [0.29, 0.717) is 16.9 Å². The number of carbonyl (C=O) groups excluding carboxylic acids is 1. The molecule has 0 saturated carbocycles. The van der Waals surface area contributed by atoms with Crippen LogP contribution >= 0.6 is 0 Å². The van der Waals surface area contributed by atoms with E-state index in [4.69, 9.17) is 5.73 Å². The average molecular weight is 291 g/mol. The highest BCUT2D eigenvalue weighted by Crippen LogP contribution is 2.23. The summed E-state index contributed by atoms with van der Waals surface area (Å²) in [4.78, 5) is 12.7. The Kier molecular flexibility index (Phi) is 2.53. The molecule has 0 unspecified atom stereocenters. The SMILES string of the molecule is Cc1nnc2cc(C(=O)n3ccc4c(N)cccc43)ccn12. The standard InChI is InChI=1S/C16H13N5O/c1-10-18-19-15-9-11(5-7-20(10)15)16(22)21-8-6-12-13(17)3-2-4-14(12)21/h2-9H,17H2,1H3. The number of carbonyl (C=O) groups is 1. The Balaban J connectivity index is 1.86. The minimum Gasteiger partial charge on any atom is -0.398 e. The molecular weight excluding hydrogens is 278 g/mol. The molecule has 6 nitrogen and oxygen atoms in total. The molecule has 4 rings (SSSR count). The normalized spacial score (nSPS) is 11.3. The number of rotatable bonds is 1. The zero-order valence-corrected chi connectivity index (χ0v) is 11.9. The van der Waals surface area contributed by atoms with Gasteiger partial charge in [0.25, 0.3) is 5.91 Å². The highest BCUT2D eigenvalue weighted by atomic mass is 16.2. The Morgan fingerprint density at radius 3 is 2.86 bits per heavy atom. The van der Waals surface area contributed by atoms with Crippen LogP contribution in [0.15, 0.2) is 48.8 Å². The number of nitrogens with zero attached hydrogens (tertiary/aromatic N) is 4. The van der Waals surface area contributed by atoms with Crippen molar-refractivity contribution < 1.29 is 4.79 Å². The van der Waals surface area contributed by atoms with Gasteiger partial charge in [0.1, 0.15) is 5.82 Å². The smallest absolute Gasteiger partial charge is 0.262 e. The second-order valence-corrected chi connectivity index (χ2v) is 5.16. The fourth-order valence-electron chi connectivity index (χ4n) is 2.65. The molecule has 0 radical (unpaired) electrons. The van der Waals surface area contributed by atoms with Gasteiger partial charge in [-0.1, -0.05) is 6.07 Å². The van der Waals surface area contributed by atoms with Crippen LogP contribution < -0.4 is 5.73 Å². The summed E-state index contributed by atoms with van der Waals surface area (Å²) in [5, 5.41) is 8.92. The monoisotopic (exact) mass is 291 g/mol. The van der Waals surface area contributed by atoms with Crippen molar-refractivity contribution in [1.82, 2.24) is 19.2 Å². The number of fused-ring (bicyclic) bond motifs is 2. The number of aryl methyl sites for hydroxylation is 1. The molecule has 0 spiro atoms. The summed E-state index contributed by atoms with van der Waals surface area (Å²) >= 11 is 0. The minimum atomic E-state index is -0.122. The maximum atomic E-state index is 12.7. The molecule has 3 heterocycles. The molecule has 0 aliphatic carbocycles. The number of aromatic nitrogens is 4. The van der Waals surface area contributed by atoms with Gasteiger partial charge in [-0.2, -0.15) is 0 Å². The number of nitrogens with two attached hydrogens (primary N) is 1. The second kappa shape index (κ2) is 4.42. The van der Waals surface area contributed by atoms with Crippen molar-refractivity contribution >= 4 is 28.1 Å². The van der Waals surface area contributed by atoms with Crippen molar-refractivity contribution in [1.29, 1.82) is 0 Å². The van der Waals surface area contributed by atoms with Gasteiger partial charge in [-0.15, -0.1) is 10.2 Å². The van der Waals surface area contributed by atoms with E-state index in [1.54, 1.807) is 29.1 Å². The third-order valence-corrected chi connectivity index (χ3v) is 3.81. The Bertz CT molecular complexity index is 1030. The molecule has 3 aromatic heterocycles. The lowest BCUT2D eigenvalue weighted by Crippen LogP contribution is -2.11. The number of nitrogen functional groups attached to an aromatic ring is 1. The predicted octanol–water partition coefficient (Wildman–Crippen LogP) is 2.26. The maximum absolute atomic E-state index is 12.7. The number of hydrogen-bond donors (Lipinski definition) is 1. The number of pyridine rings is 1. The van der Waals surface area contributed by atoms with Gasteiger partial charge < -0.3 is 5.73 Å². The van der Waals surface area contributed by atoms with Crippen LogP contribution in [-0.2, 0) is 0 Å². The van der Waals surface area contributed by atoms with E-state index >= 15 is 0 Å². The van der Waals surface area contributed by atoms with Crippen molar-refractivity contribution in [3.05, 3.63) is 60.2 Å². The molecule has 0 saturated heterocycles. The fraction of sp³-hybridized carbons (Fsp3) is 0.0625. The van der Waals surface area contributed by atoms with Crippen LogP contribution in [-0.4, -0.2) is 25.1 Å². The molecule has 0 amide bonds. The lowest BCUT2D eigenvalue weighted by atomic mass is 10.2. The highest BCUT2D eigenvalue weighted by molar-refractivity contribution is 6.04. The van der Waals surface area contributed by atoms with Gasteiger partial charge in [-0.25, -0.2) is 0 Å². The molecule has 0 aliphatic rings. The Morgan fingerprint density at radius 1 is 1.14 bits per heavy atom. The van der Waals surface area contributed by atoms with Crippen molar-refractivity contribution in [2.24, 2.45) is 0 Å². The molecule has 0 bridgehead atoms. The van der Waals surface area contributed by atoms with Crippen LogP contribution in [0, 0.1) is 6.92 Å². The van der Waals surface area contributed by atoms with Gasteiger partial charge in [0.05, 0.1) is 5.52 Å². The third-order valence-electron chi connectivity index (χ3n) is 3.81. The first-order chi connectivity index (χ1) is 10.6. The van der Waals surface area contributed by atoms with Gasteiger partial charge in [-0.05, 0) is 37.3 Å². The van der Waals surface area contributed by atoms with Crippen LogP contribution in [0.25, 0.3) is 16.6 Å². The van der Waals surface area contributed by atoms with Crippen molar-refractivity contribution in [3.8, 4) is 0 Å². The highest BCUT2D eigenvalue weighted by Gasteiger charge is 2.14. The summed E-state index contributed by atoms with van der Waals surface area (Å²) in [7, 11) is 0. The van der Waals surface area contributed by atoms with Crippen molar-refractivity contribution in [2.75, 3.05) is 5.73 Å². The molecule has 6 heteroatoms. The number of benzene rings is 1. The average Bonchev–Trinajstić information content (AvgIpc) is 3.11. The summed E-state index contributed by atoms with van der Waals surface area (Å²) < 4.78 is 3.43. The van der Waals surface area contributed by atoms with E-state index in [2.05, 4.69) is 10.2 Å². The molecule has 0 fully saturated rings. The lowest BCUT2D eigenvalue weighted by Gasteiger charge is -2.05. The largest absolute Gasteiger partial charge is 0.398 e. The Labute approximate surface area is 125 Å². The molecule has 22 heavy (non-hydrogen) atoms. The maximum Gasteiger partial charge on any atom is 0.262 e. The van der Waals surface area contributed by atoms with Crippen LogP contribution in [0.3, 0.4) is 0 Å². The Morgan fingerprint density at radius 2 is 2.00 bits per heavy atom. The zero-order valence-electron chi connectivity index (χ0n) is 11.9. The second-order valence-electron chi connectivity index (χ2n) is 5.16. The summed E-state index contributed by atoms with van der Waals surface area (Å²) in [6.07, 6.45) is 3.54. The van der Waals surface area contributed by atoms with E-state index in [1.165, 1.54) is 0 Å². The number of anilines is 1. The topological polar surface area (TPSA) is 78.2 Å². The van der Waals surface area contributed by atoms with Crippen molar-refractivity contribution in [3.63, 3.8) is 0 Å². The first-order valence-electron chi connectivity index (χ1n) is 6.87. The zero-order chi connectivity index (χ0) is 15.3. The third kappa shape index (κ3) is 1.70. The molecule has 1 aromatic carbocycles. The molecule has 108 valence electrons.